The molecule has 1 amide bonds. The Morgan fingerprint density at radius 1 is 1.24 bits per heavy atom. The van der Waals surface area contributed by atoms with Crippen LogP contribution in [0.5, 0.6) is 5.75 Å². The lowest BCUT2D eigenvalue weighted by atomic mass is 9.95. The molecule has 0 unspecified atom stereocenters. The first-order valence-electron chi connectivity index (χ1n) is 8.13. The smallest absolute Gasteiger partial charge is 0.252 e. The normalized spacial score (nSPS) is 16.4. The number of hydrogen-bond donors (Lipinski definition) is 4. The van der Waals surface area contributed by atoms with E-state index in [-0.39, 0.29) is 17.7 Å². The first-order valence-corrected chi connectivity index (χ1v) is 8.13. The molecule has 0 radical (unpaired) electrons. The van der Waals surface area contributed by atoms with Crippen LogP contribution in [0.25, 0.3) is 10.9 Å². The van der Waals surface area contributed by atoms with Gasteiger partial charge < -0.3 is 26.0 Å². The molecule has 128 valence electrons. The fourth-order valence-corrected chi connectivity index (χ4v) is 3.60. The molecule has 0 saturated carbocycles. The number of benzene rings is 2. The molecule has 5 N–H and O–H groups in total. The number of carbonyl (C=O) groups excluding carboxylic acids is 1. The summed E-state index contributed by atoms with van der Waals surface area (Å²) in [6, 6.07) is 10.3. The number of fused-ring (bicyclic) bond motifs is 2. The first-order chi connectivity index (χ1) is 12.0. The summed E-state index contributed by atoms with van der Waals surface area (Å²) in [5, 5.41) is 13.9. The van der Waals surface area contributed by atoms with Gasteiger partial charge in [0.1, 0.15) is 5.75 Å². The van der Waals surface area contributed by atoms with E-state index in [1.165, 1.54) is 6.07 Å². The summed E-state index contributed by atoms with van der Waals surface area (Å²) in [4.78, 5) is 17.9. The predicted molar refractivity (Wildman–Crippen MR) is 97.5 cm³/mol. The maximum atomic E-state index is 12.4. The highest BCUT2D eigenvalue weighted by atomic mass is 16.3. The molecule has 0 aliphatic carbocycles. The van der Waals surface area contributed by atoms with Crippen LogP contribution < -0.4 is 11.1 Å². The lowest BCUT2D eigenvalue weighted by Gasteiger charge is -2.16. The summed E-state index contributed by atoms with van der Waals surface area (Å²) < 4.78 is 0. The Bertz CT molecular complexity index is 990. The number of aromatic hydroxyl groups is 1. The SMILES string of the molecule is CN(C)Cc1[nH]c2c(N)cccc2c1[C@@H]1NC(=O)c2ccc(O)cc21. The molecule has 2 aromatic carbocycles. The van der Waals surface area contributed by atoms with Gasteiger partial charge in [0, 0.05) is 28.8 Å². The number of phenolic OH excluding ortho intramolecular Hbond substituents is 1. The van der Waals surface area contributed by atoms with E-state index in [9.17, 15) is 9.90 Å². The molecule has 1 aliphatic heterocycles. The Morgan fingerprint density at radius 3 is 2.80 bits per heavy atom. The summed E-state index contributed by atoms with van der Waals surface area (Å²) in [6.45, 7) is 0.684. The molecule has 4 rings (SSSR count). The molecule has 6 nitrogen and oxygen atoms in total. The number of amides is 1. The average molecular weight is 336 g/mol. The van der Waals surface area contributed by atoms with Crippen molar-refractivity contribution in [1.82, 2.24) is 15.2 Å². The van der Waals surface area contributed by atoms with Crippen LogP contribution in [0.4, 0.5) is 5.69 Å². The van der Waals surface area contributed by atoms with E-state index in [4.69, 9.17) is 5.73 Å². The van der Waals surface area contributed by atoms with Gasteiger partial charge in [0.2, 0.25) is 0 Å². The highest BCUT2D eigenvalue weighted by molar-refractivity contribution is 6.02. The van der Waals surface area contributed by atoms with E-state index in [0.717, 1.165) is 27.7 Å². The molecule has 0 bridgehead atoms. The zero-order valence-electron chi connectivity index (χ0n) is 14.1. The molecule has 1 atom stereocenters. The predicted octanol–water partition coefficient (Wildman–Crippen LogP) is 2.35. The number of rotatable bonds is 3. The van der Waals surface area contributed by atoms with Gasteiger partial charge in [-0.25, -0.2) is 0 Å². The second kappa shape index (κ2) is 5.53. The molecule has 0 fully saturated rings. The Labute approximate surface area is 145 Å². The van der Waals surface area contributed by atoms with E-state index in [2.05, 4.69) is 15.2 Å². The topological polar surface area (TPSA) is 94.4 Å². The van der Waals surface area contributed by atoms with Gasteiger partial charge in [-0.15, -0.1) is 0 Å². The third-order valence-corrected chi connectivity index (χ3v) is 4.62. The lowest BCUT2D eigenvalue weighted by Crippen LogP contribution is -2.22. The van der Waals surface area contributed by atoms with Crippen LogP contribution in [0.1, 0.15) is 33.2 Å². The first kappa shape index (κ1) is 15.5. The Morgan fingerprint density at radius 2 is 2.04 bits per heavy atom. The maximum absolute atomic E-state index is 12.4. The van der Waals surface area contributed by atoms with Crippen LogP contribution in [0.3, 0.4) is 0 Å². The van der Waals surface area contributed by atoms with Crippen molar-refractivity contribution in [2.24, 2.45) is 0 Å². The largest absolute Gasteiger partial charge is 0.508 e. The molecule has 2 heterocycles. The maximum Gasteiger partial charge on any atom is 0.252 e. The van der Waals surface area contributed by atoms with Gasteiger partial charge in [0.25, 0.3) is 5.91 Å². The van der Waals surface area contributed by atoms with Crippen LogP contribution in [0.2, 0.25) is 0 Å². The van der Waals surface area contributed by atoms with Crippen LogP contribution in [-0.4, -0.2) is 35.0 Å². The second-order valence-corrected chi connectivity index (χ2v) is 6.70. The number of nitrogens with two attached hydrogens (primary N) is 1. The number of nitrogens with zero attached hydrogens (tertiary/aromatic N) is 1. The van der Waals surface area contributed by atoms with Gasteiger partial charge in [-0.2, -0.15) is 0 Å². The standard InChI is InChI=1S/C19H20N4O2/c1-23(2)9-15-16(12-4-3-5-14(20)17(12)21-15)18-13-8-10(24)6-7-11(13)19(25)22-18/h3-8,18,21,24H,9,20H2,1-2H3,(H,22,25)/t18-/m1/s1. The zero-order valence-corrected chi connectivity index (χ0v) is 14.1. The summed E-state index contributed by atoms with van der Waals surface area (Å²) in [6.07, 6.45) is 0. The number of aromatic nitrogens is 1. The minimum Gasteiger partial charge on any atom is -0.508 e. The number of nitrogen functional groups attached to an aromatic ring is 1. The third-order valence-electron chi connectivity index (χ3n) is 4.62. The molecule has 3 aromatic rings. The van der Waals surface area contributed by atoms with E-state index in [0.29, 0.717) is 17.8 Å². The minimum absolute atomic E-state index is 0.131. The van der Waals surface area contributed by atoms with E-state index >= 15 is 0 Å². The van der Waals surface area contributed by atoms with E-state index < -0.39 is 0 Å². The van der Waals surface area contributed by atoms with Crippen molar-refractivity contribution < 1.29 is 9.90 Å². The fourth-order valence-electron chi connectivity index (χ4n) is 3.60. The number of para-hydroxylation sites is 1. The summed E-state index contributed by atoms with van der Waals surface area (Å²) in [7, 11) is 3.98. The number of carbonyl (C=O) groups is 1. The van der Waals surface area contributed by atoms with Gasteiger partial charge in [0.05, 0.1) is 17.2 Å². The van der Waals surface area contributed by atoms with E-state index in [1.54, 1.807) is 12.1 Å². The van der Waals surface area contributed by atoms with Crippen molar-refractivity contribution in [2.75, 3.05) is 19.8 Å². The molecule has 0 saturated heterocycles. The van der Waals surface area contributed by atoms with Crippen molar-refractivity contribution in [2.45, 2.75) is 12.6 Å². The number of hydrogen-bond acceptors (Lipinski definition) is 4. The zero-order chi connectivity index (χ0) is 17.7. The Balaban J connectivity index is 1.97. The number of nitrogens with one attached hydrogen (secondary N) is 2. The molecule has 1 aliphatic rings. The molecule has 25 heavy (non-hydrogen) atoms. The van der Waals surface area contributed by atoms with Crippen molar-refractivity contribution in [3.05, 3.63) is 58.8 Å². The Hall–Kier alpha value is -2.99. The Kier molecular flexibility index (Phi) is 3.43. The average Bonchev–Trinajstić information content (AvgIpc) is 3.05. The van der Waals surface area contributed by atoms with Crippen LogP contribution in [-0.2, 0) is 6.54 Å². The van der Waals surface area contributed by atoms with Crippen molar-refractivity contribution >= 4 is 22.5 Å². The van der Waals surface area contributed by atoms with Crippen LogP contribution in [0.15, 0.2) is 36.4 Å². The number of aromatic amines is 1. The fraction of sp³-hybridized carbons (Fsp3) is 0.211. The monoisotopic (exact) mass is 336 g/mol. The van der Waals surface area contributed by atoms with Gasteiger partial charge in [-0.05, 0) is 43.9 Å². The number of phenols is 1. The van der Waals surface area contributed by atoms with Gasteiger partial charge in [0.15, 0.2) is 0 Å². The highest BCUT2D eigenvalue weighted by Crippen LogP contribution is 2.39. The highest BCUT2D eigenvalue weighted by Gasteiger charge is 2.33. The van der Waals surface area contributed by atoms with Crippen molar-refractivity contribution in [1.29, 1.82) is 0 Å². The molecule has 6 heteroatoms. The van der Waals surface area contributed by atoms with Crippen LogP contribution >= 0.6 is 0 Å². The summed E-state index contributed by atoms with van der Waals surface area (Å²) >= 11 is 0. The second-order valence-electron chi connectivity index (χ2n) is 6.70. The van der Waals surface area contributed by atoms with Crippen molar-refractivity contribution in [3.63, 3.8) is 0 Å². The summed E-state index contributed by atoms with van der Waals surface area (Å²) in [5.74, 6) is 0.0165. The number of anilines is 1. The van der Waals surface area contributed by atoms with E-state index in [1.807, 2.05) is 32.3 Å². The van der Waals surface area contributed by atoms with Gasteiger partial charge in [-0.1, -0.05) is 12.1 Å². The van der Waals surface area contributed by atoms with Gasteiger partial charge in [-0.3, -0.25) is 4.79 Å². The molecule has 1 aromatic heterocycles. The molecular formula is C19H20N4O2. The lowest BCUT2D eigenvalue weighted by molar-refractivity contribution is 0.0960. The van der Waals surface area contributed by atoms with Gasteiger partial charge >= 0.3 is 0 Å². The summed E-state index contributed by atoms with van der Waals surface area (Å²) in [5.41, 5.74) is 11.1. The quantitative estimate of drug-likeness (QED) is 0.552. The third kappa shape index (κ3) is 2.42. The molecular weight excluding hydrogens is 316 g/mol. The minimum atomic E-state index is -0.319. The number of H-pyrrole nitrogens is 1. The molecule has 0 spiro atoms. The van der Waals surface area contributed by atoms with Crippen LogP contribution in [0, 0.1) is 0 Å². The van der Waals surface area contributed by atoms with Crippen molar-refractivity contribution in [3.8, 4) is 5.75 Å².